The molecule has 0 fully saturated rings. The van der Waals surface area contributed by atoms with Crippen LogP contribution in [0.25, 0.3) is 0 Å². The zero-order valence-electron chi connectivity index (χ0n) is 11.3. The number of rotatable bonds is 3. The molecule has 4 rings (SSSR count). The van der Waals surface area contributed by atoms with Crippen LogP contribution in [0.3, 0.4) is 0 Å². The summed E-state index contributed by atoms with van der Waals surface area (Å²) in [5.74, 6) is 2.36. The molecule has 0 radical (unpaired) electrons. The van der Waals surface area contributed by atoms with Crippen LogP contribution in [-0.4, -0.2) is 26.3 Å². The molecule has 2 aromatic heterocycles. The van der Waals surface area contributed by atoms with Crippen LogP contribution in [0.15, 0.2) is 47.5 Å². The van der Waals surface area contributed by atoms with Gasteiger partial charge in [0.15, 0.2) is 5.82 Å². The van der Waals surface area contributed by atoms with Crippen LogP contribution in [0.5, 0.6) is 5.75 Å². The fraction of sp³-hybridized carbons (Fsp3) is 0.267. The number of imidazole rings is 1. The average molecular weight is 282 g/mol. The van der Waals surface area contributed by atoms with E-state index in [1.165, 1.54) is 0 Å². The molecule has 0 aliphatic carbocycles. The third-order valence-electron chi connectivity index (χ3n) is 3.63. The van der Waals surface area contributed by atoms with Gasteiger partial charge in [0.25, 0.3) is 0 Å². The molecule has 6 nitrogen and oxygen atoms in total. The van der Waals surface area contributed by atoms with Gasteiger partial charge in [-0.05, 0) is 12.5 Å². The summed E-state index contributed by atoms with van der Waals surface area (Å²) in [6.07, 6.45) is 6.19. The highest BCUT2D eigenvalue weighted by Crippen LogP contribution is 2.36. The number of ether oxygens (including phenoxy) is 1. The van der Waals surface area contributed by atoms with E-state index in [-0.39, 0.29) is 5.92 Å². The van der Waals surface area contributed by atoms with Crippen LogP contribution in [0.4, 0.5) is 0 Å². The fourth-order valence-corrected chi connectivity index (χ4v) is 2.62. The Balaban J connectivity index is 1.62. The summed E-state index contributed by atoms with van der Waals surface area (Å²) in [4.78, 5) is 8.53. The van der Waals surface area contributed by atoms with Crippen molar-refractivity contribution in [3.05, 3.63) is 60.3 Å². The second-order valence-corrected chi connectivity index (χ2v) is 5.01. The molecule has 1 aliphatic heterocycles. The van der Waals surface area contributed by atoms with Crippen molar-refractivity contribution in [1.29, 1.82) is 0 Å². The van der Waals surface area contributed by atoms with Crippen LogP contribution in [0.1, 0.15) is 29.6 Å². The van der Waals surface area contributed by atoms with Gasteiger partial charge in [-0.3, -0.25) is 0 Å². The molecule has 0 spiro atoms. The topological polar surface area (TPSA) is 66.0 Å². The maximum Gasteiger partial charge on any atom is 0.246 e. The van der Waals surface area contributed by atoms with Crippen LogP contribution in [-0.2, 0) is 6.54 Å². The SMILES string of the molecule is c1ccc2c(c1)OCCC2c1noc(Cn2ccnc2)n1. The maximum absolute atomic E-state index is 5.67. The van der Waals surface area contributed by atoms with Gasteiger partial charge in [-0.25, -0.2) is 4.98 Å². The normalized spacial score (nSPS) is 17.2. The van der Waals surface area contributed by atoms with Crippen molar-refractivity contribution in [3.8, 4) is 5.75 Å². The van der Waals surface area contributed by atoms with Gasteiger partial charge in [0.1, 0.15) is 12.3 Å². The predicted octanol–water partition coefficient (Wildman–Crippen LogP) is 2.23. The Morgan fingerprint density at radius 1 is 1.29 bits per heavy atom. The molecule has 0 bridgehead atoms. The lowest BCUT2D eigenvalue weighted by atomic mass is 9.92. The number of hydrogen-bond acceptors (Lipinski definition) is 5. The highest BCUT2D eigenvalue weighted by atomic mass is 16.5. The molecule has 3 heterocycles. The number of aromatic nitrogens is 4. The zero-order chi connectivity index (χ0) is 14.1. The second-order valence-electron chi connectivity index (χ2n) is 5.01. The summed E-state index contributed by atoms with van der Waals surface area (Å²) in [5, 5.41) is 4.14. The van der Waals surface area contributed by atoms with Crippen LogP contribution in [0.2, 0.25) is 0 Å². The van der Waals surface area contributed by atoms with Gasteiger partial charge in [-0.1, -0.05) is 23.4 Å². The largest absolute Gasteiger partial charge is 0.493 e. The van der Waals surface area contributed by atoms with E-state index in [1.807, 2.05) is 29.0 Å². The Hall–Kier alpha value is -2.63. The molecule has 0 saturated heterocycles. The molecule has 21 heavy (non-hydrogen) atoms. The Kier molecular flexibility index (Phi) is 2.92. The summed E-state index contributed by atoms with van der Waals surface area (Å²) in [6.45, 7) is 1.21. The number of para-hydroxylation sites is 1. The number of nitrogens with zero attached hydrogens (tertiary/aromatic N) is 4. The van der Waals surface area contributed by atoms with E-state index in [9.17, 15) is 0 Å². The van der Waals surface area contributed by atoms with Crippen molar-refractivity contribution in [2.45, 2.75) is 18.9 Å². The lowest BCUT2D eigenvalue weighted by Gasteiger charge is -2.23. The van der Waals surface area contributed by atoms with E-state index < -0.39 is 0 Å². The third kappa shape index (κ3) is 2.29. The van der Waals surface area contributed by atoms with Gasteiger partial charge in [-0.15, -0.1) is 0 Å². The average Bonchev–Trinajstić information content (AvgIpc) is 3.19. The molecule has 6 heteroatoms. The Morgan fingerprint density at radius 2 is 2.24 bits per heavy atom. The smallest absolute Gasteiger partial charge is 0.246 e. The van der Waals surface area contributed by atoms with Crippen molar-refractivity contribution in [1.82, 2.24) is 19.7 Å². The van der Waals surface area contributed by atoms with E-state index >= 15 is 0 Å². The van der Waals surface area contributed by atoms with E-state index in [2.05, 4.69) is 21.2 Å². The van der Waals surface area contributed by atoms with Crippen molar-refractivity contribution in [3.63, 3.8) is 0 Å². The van der Waals surface area contributed by atoms with Gasteiger partial charge < -0.3 is 13.8 Å². The standard InChI is InChI=1S/C15H14N4O2/c1-2-4-13-11(3-1)12(5-8-20-13)15-17-14(21-18-15)9-19-7-6-16-10-19/h1-4,6-7,10,12H,5,8-9H2. The van der Waals surface area contributed by atoms with Crippen LogP contribution >= 0.6 is 0 Å². The second kappa shape index (κ2) is 5.05. The highest BCUT2D eigenvalue weighted by molar-refractivity contribution is 5.40. The van der Waals surface area contributed by atoms with E-state index in [0.717, 1.165) is 23.6 Å². The first kappa shape index (κ1) is 12.1. The zero-order valence-corrected chi connectivity index (χ0v) is 11.3. The van der Waals surface area contributed by atoms with Gasteiger partial charge >= 0.3 is 0 Å². The van der Waals surface area contributed by atoms with Gasteiger partial charge in [0, 0.05) is 18.0 Å². The first-order chi connectivity index (χ1) is 10.4. The molecular formula is C15H14N4O2. The number of benzene rings is 1. The minimum atomic E-state index is 0.134. The Morgan fingerprint density at radius 3 is 3.14 bits per heavy atom. The highest BCUT2D eigenvalue weighted by Gasteiger charge is 2.26. The van der Waals surface area contributed by atoms with Crippen molar-refractivity contribution < 1.29 is 9.26 Å². The summed E-state index contributed by atoms with van der Waals surface area (Å²) < 4.78 is 12.9. The number of fused-ring (bicyclic) bond motifs is 1. The molecule has 106 valence electrons. The molecule has 1 unspecified atom stereocenters. The summed E-state index contributed by atoms with van der Waals surface area (Å²) in [7, 11) is 0. The van der Waals surface area contributed by atoms with E-state index in [4.69, 9.17) is 9.26 Å². The monoisotopic (exact) mass is 282 g/mol. The minimum Gasteiger partial charge on any atom is -0.493 e. The maximum atomic E-state index is 5.67. The van der Waals surface area contributed by atoms with Crippen LogP contribution < -0.4 is 4.74 Å². The Bertz CT molecular complexity index is 736. The van der Waals surface area contributed by atoms with Crippen molar-refractivity contribution in [2.75, 3.05) is 6.61 Å². The first-order valence-electron chi connectivity index (χ1n) is 6.90. The molecular weight excluding hydrogens is 268 g/mol. The number of hydrogen-bond donors (Lipinski definition) is 0. The molecule has 0 N–H and O–H groups in total. The van der Waals surface area contributed by atoms with Crippen molar-refractivity contribution >= 4 is 0 Å². The summed E-state index contributed by atoms with van der Waals surface area (Å²) in [5.41, 5.74) is 1.12. The molecule has 1 atom stereocenters. The van der Waals surface area contributed by atoms with Crippen LogP contribution in [0, 0.1) is 0 Å². The fourth-order valence-electron chi connectivity index (χ4n) is 2.62. The lowest BCUT2D eigenvalue weighted by Crippen LogP contribution is -2.16. The summed E-state index contributed by atoms with van der Waals surface area (Å²) in [6, 6.07) is 8.02. The van der Waals surface area contributed by atoms with Gasteiger partial charge in [0.2, 0.25) is 5.89 Å². The quantitative estimate of drug-likeness (QED) is 0.737. The Labute approximate surface area is 121 Å². The van der Waals surface area contributed by atoms with E-state index in [0.29, 0.717) is 19.0 Å². The predicted molar refractivity (Wildman–Crippen MR) is 74.0 cm³/mol. The van der Waals surface area contributed by atoms with Gasteiger partial charge in [0.05, 0.1) is 18.9 Å². The lowest BCUT2D eigenvalue weighted by molar-refractivity contribution is 0.272. The van der Waals surface area contributed by atoms with Gasteiger partial charge in [-0.2, -0.15) is 4.98 Å². The van der Waals surface area contributed by atoms with E-state index in [1.54, 1.807) is 12.5 Å². The first-order valence-corrected chi connectivity index (χ1v) is 6.90. The molecule has 1 aromatic carbocycles. The molecule has 1 aliphatic rings. The molecule has 0 amide bonds. The molecule has 3 aromatic rings. The van der Waals surface area contributed by atoms with Crippen molar-refractivity contribution in [2.24, 2.45) is 0 Å². The third-order valence-corrected chi connectivity index (χ3v) is 3.63. The minimum absolute atomic E-state index is 0.134. The molecule has 0 saturated carbocycles. The summed E-state index contributed by atoms with van der Waals surface area (Å²) >= 11 is 0.